The second kappa shape index (κ2) is 10.6. The van der Waals surface area contributed by atoms with Crippen LogP contribution in [0.5, 0.6) is 5.75 Å². The molecule has 0 unspecified atom stereocenters. The van der Waals surface area contributed by atoms with Crippen LogP contribution in [0, 0.1) is 5.92 Å². The minimum absolute atomic E-state index is 0.00504. The number of piperidine rings is 1. The van der Waals surface area contributed by atoms with Crippen LogP contribution in [0.15, 0.2) is 24.4 Å². The van der Waals surface area contributed by atoms with Gasteiger partial charge in [-0.15, -0.1) is 0 Å². The highest BCUT2D eigenvalue weighted by molar-refractivity contribution is 6.00. The molecule has 1 saturated heterocycles. The van der Waals surface area contributed by atoms with E-state index in [2.05, 4.69) is 15.2 Å². The van der Waals surface area contributed by atoms with Crippen molar-refractivity contribution in [1.82, 2.24) is 14.9 Å². The molecule has 10 heteroatoms. The number of aliphatic hydroxyl groups excluding tert-OH is 1. The summed E-state index contributed by atoms with van der Waals surface area (Å²) in [5.74, 6) is 1.86. The molecular formula is C29H38N6O4. The van der Waals surface area contributed by atoms with Gasteiger partial charge in [0, 0.05) is 37.8 Å². The summed E-state index contributed by atoms with van der Waals surface area (Å²) in [5, 5.41) is 13.1. The third-order valence-corrected chi connectivity index (χ3v) is 9.01. The average molecular weight is 535 g/mol. The number of anilines is 4. The molecule has 2 atom stereocenters. The van der Waals surface area contributed by atoms with Crippen molar-refractivity contribution in [2.45, 2.75) is 76.0 Å². The zero-order chi connectivity index (χ0) is 27.1. The minimum atomic E-state index is -0.335. The smallest absolute Gasteiger partial charge is 0.253 e. The first-order chi connectivity index (χ1) is 18.9. The van der Waals surface area contributed by atoms with E-state index in [1.807, 2.05) is 13.1 Å². The highest BCUT2D eigenvalue weighted by Crippen LogP contribution is 2.45. The van der Waals surface area contributed by atoms with E-state index in [1.54, 1.807) is 35.2 Å². The van der Waals surface area contributed by atoms with Crippen LogP contribution in [0.25, 0.3) is 0 Å². The number of ether oxygens (including phenoxy) is 1. The maximum Gasteiger partial charge on any atom is 0.253 e. The van der Waals surface area contributed by atoms with Crippen LogP contribution in [0.4, 0.5) is 23.1 Å². The predicted octanol–water partition coefficient (Wildman–Crippen LogP) is 3.72. The summed E-state index contributed by atoms with van der Waals surface area (Å²) in [7, 11) is 3.42. The fraction of sp³-hybridized carbons (Fsp3) is 0.586. The topological polar surface area (TPSA) is 111 Å². The maximum atomic E-state index is 13.4. The van der Waals surface area contributed by atoms with E-state index in [9.17, 15) is 14.7 Å². The first kappa shape index (κ1) is 25.9. The van der Waals surface area contributed by atoms with Gasteiger partial charge in [0.25, 0.3) is 5.91 Å². The van der Waals surface area contributed by atoms with E-state index in [0.717, 1.165) is 43.6 Å². The molecular weight excluding hydrogens is 496 g/mol. The Morgan fingerprint density at radius 3 is 2.59 bits per heavy atom. The number of hydrogen-bond donors (Lipinski definition) is 2. The summed E-state index contributed by atoms with van der Waals surface area (Å²) in [6, 6.07) is 5.88. The van der Waals surface area contributed by atoms with Crippen LogP contribution >= 0.6 is 0 Å². The number of hydrogen-bond acceptors (Lipinski definition) is 8. The van der Waals surface area contributed by atoms with Crippen molar-refractivity contribution in [3.8, 4) is 5.75 Å². The average Bonchev–Trinajstić information content (AvgIpc) is 3.65. The summed E-state index contributed by atoms with van der Waals surface area (Å²) < 4.78 is 5.64. The van der Waals surface area contributed by atoms with Gasteiger partial charge >= 0.3 is 0 Å². The Balaban J connectivity index is 1.30. The van der Waals surface area contributed by atoms with Crippen LogP contribution in [0.3, 0.4) is 0 Å². The molecule has 2 aliphatic carbocycles. The number of nitrogens with one attached hydrogen (secondary N) is 1. The molecule has 2 N–H and O–H groups in total. The molecule has 208 valence electrons. The van der Waals surface area contributed by atoms with Gasteiger partial charge in [-0.05, 0) is 56.7 Å². The molecule has 4 aliphatic rings. The molecule has 3 fully saturated rings. The van der Waals surface area contributed by atoms with E-state index in [1.165, 1.54) is 12.8 Å². The molecule has 1 aromatic heterocycles. The molecule has 39 heavy (non-hydrogen) atoms. The zero-order valence-corrected chi connectivity index (χ0v) is 22.8. The number of amides is 2. The third kappa shape index (κ3) is 4.79. The predicted molar refractivity (Wildman–Crippen MR) is 149 cm³/mol. The summed E-state index contributed by atoms with van der Waals surface area (Å²) in [6.45, 7) is 1.09. The van der Waals surface area contributed by atoms with E-state index < -0.39 is 0 Å². The van der Waals surface area contributed by atoms with Gasteiger partial charge in [0.2, 0.25) is 11.9 Å². The number of benzene rings is 1. The second-order valence-corrected chi connectivity index (χ2v) is 11.3. The molecule has 2 amide bonds. The van der Waals surface area contributed by atoms with Crippen molar-refractivity contribution in [1.29, 1.82) is 0 Å². The largest absolute Gasteiger partial charge is 0.495 e. The summed E-state index contributed by atoms with van der Waals surface area (Å²) in [5.41, 5.74) is 1.95. The third-order valence-electron chi connectivity index (χ3n) is 9.01. The Bertz CT molecular complexity index is 1240. The first-order valence-corrected chi connectivity index (χ1v) is 14.3. The van der Waals surface area contributed by atoms with Gasteiger partial charge in [0.15, 0.2) is 5.82 Å². The van der Waals surface area contributed by atoms with E-state index in [0.29, 0.717) is 54.9 Å². The molecule has 3 heterocycles. The van der Waals surface area contributed by atoms with Crippen molar-refractivity contribution in [3.05, 3.63) is 30.0 Å². The summed E-state index contributed by atoms with van der Waals surface area (Å²) in [6.07, 6.45) is 10.2. The molecule has 2 aliphatic heterocycles. The van der Waals surface area contributed by atoms with Gasteiger partial charge in [-0.25, -0.2) is 4.98 Å². The Kier molecular flexibility index (Phi) is 7.05. The summed E-state index contributed by atoms with van der Waals surface area (Å²) >= 11 is 0. The van der Waals surface area contributed by atoms with Crippen LogP contribution in [-0.2, 0) is 4.79 Å². The highest BCUT2D eigenvalue weighted by Gasteiger charge is 2.46. The number of aliphatic hydroxyl groups is 1. The second-order valence-electron chi connectivity index (χ2n) is 11.3. The normalized spacial score (nSPS) is 24.0. The molecule has 2 aromatic rings. The first-order valence-electron chi connectivity index (χ1n) is 14.3. The quantitative estimate of drug-likeness (QED) is 0.597. The van der Waals surface area contributed by atoms with Crippen molar-refractivity contribution in [3.63, 3.8) is 0 Å². The molecule has 1 aromatic carbocycles. The fourth-order valence-corrected chi connectivity index (χ4v) is 6.86. The Morgan fingerprint density at radius 2 is 1.85 bits per heavy atom. The van der Waals surface area contributed by atoms with Crippen molar-refractivity contribution < 1.29 is 19.4 Å². The van der Waals surface area contributed by atoms with Gasteiger partial charge in [-0.2, -0.15) is 4.98 Å². The molecule has 0 radical (unpaired) electrons. The standard InChI is InChI=1S/C29H38N6O4/c1-33-24-17-30-29(32-26(24)35(19-6-3-4-7-19)23-9-5-8-21(23)28(33)38)31-22-11-10-18(16-25(22)39-2)27(37)34-14-12-20(36)13-15-34/h10-11,16-17,19-21,23,36H,3-9,12-15H2,1-2H3,(H,30,31,32)/t21-,23+/m0/s1. The number of carbonyl (C=O) groups is 2. The SMILES string of the molecule is COc1cc(C(=O)N2CCC(O)CC2)ccc1Nc1ncc2c(n1)N(C1CCCC1)[C@@H]1CCC[C@@H]1C(=O)N2C. The molecule has 0 bridgehead atoms. The number of rotatable bonds is 5. The number of fused-ring (bicyclic) bond motifs is 2. The molecule has 0 spiro atoms. The van der Waals surface area contributed by atoms with Gasteiger partial charge in [-0.3, -0.25) is 9.59 Å². The van der Waals surface area contributed by atoms with E-state index in [4.69, 9.17) is 9.72 Å². The monoisotopic (exact) mass is 534 g/mol. The minimum Gasteiger partial charge on any atom is -0.495 e. The van der Waals surface area contributed by atoms with Gasteiger partial charge in [0.05, 0.1) is 31.0 Å². The van der Waals surface area contributed by atoms with Gasteiger partial charge in [0.1, 0.15) is 11.4 Å². The van der Waals surface area contributed by atoms with Gasteiger partial charge in [-0.1, -0.05) is 19.3 Å². The van der Waals surface area contributed by atoms with Crippen LogP contribution < -0.4 is 19.9 Å². The maximum absolute atomic E-state index is 13.4. The Hall–Kier alpha value is -3.40. The number of methoxy groups -OCH3 is 1. The van der Waals surface area contributed by atoms with Gasteiger partial charge < -0.3 is 29.9 Å². The van der Waals surface area contributed by atoms with Crippen molar-refractivity contribution in [2.75, 3.05) is 42.4 Å². The van der Waals surface area contributed by atoms with Crippen LogP contribution in [0.2, 0.25) is 0 Å². The van der Waals surface area contributed by atoms with Crippen molar-refractivity contribution >= 4 is 35.0 Å². The number of likely N-dealkylation sites (tertiary alicyclic amines) is 1. The summed E-state index contributed by atoms with van der Waals surface area (Å²) in [4.78, 5) is 42.0. The van der Waals surface area contributed by atoms with Crippen LogP contribution in [-0.4, -0.2) is 77.2 Å². The lowest BCUT2D eigenvalue weighted by molar-refractivity contribution is -0.122. The lowest BCUT2D eigenvalue weighted by Gasteiger charge is -2.36. The lowest BCUT2D eigenvalue weighted by atomic mass is 9.99. The fourth-order valence-electron chi connectivity index (χ4n) is 6.86. The molecule has 6 rings (SSSR count). The van der Waals surface area contributed by atoms with Crippen LogP contribution in [0.1, 0.15) is 68.1 Å². The lowest BCUT2D eigenvalue weighted by Crippen LogP contribution is -2.46. The number of aromatic nitrogens is 2. The van der Waals surface area contributed by atoms with E-state index in [-0.39, 0.29) is 29.9 Å². The zero-order valence-electron chi connectivity index (χ0n) is 22.8. The highest BCUT2D eigenvalue weighted by atomic mass is 16.5. The Morgan fingerprint density at radius 1 is 1.08 bits per heavy atom. The van der Waals surface area contributed by atoms with E-state index >= 15 is 0 Å². The molecule has 2 saturated carbocycles. The number of carbonyl (C=O) groups excluding carboxylic acids is 2. The molecule has 10 nitrogen and oxygen atoms in total. The van der Waals surface area contributed by atoms with Crippen molar-refractivity contribution in [2.24, 2.45) is 5.92 Å². The Labute approximate surface area is 229 Å². The number of nitrogens with zero attached hydrogens (tertiary/aromatic N) is 5.